The molecule has 0 aliphatic rings. The summed E-state index contributed by atoms with van der Waals surface area (Å²) < 4.78 is 26.6. The van der Waals surface area contributed by atoms with Crippen LogP contribution in [-0.2, 0) is 10.0 Å². The van der Waals surface area contributed by atoms with Crippen molar-refractivity contribution in [1.82, 2.24) is 4.72 Å². The van der Waals surface area contributed by atoms with E-state index in [0.29, 0.717) is 0 Å². The maximum Gasteiger partial charge on any atom is 0.240 e. The Kier molecular flexibility index (Phi) is 4.14. The molecule has 0 aromatic heterocycles. The van der Waals surface area contributed by atoms with Crippen LogP contribution in [0.5, 0.6) is 0 Å². The number of nitrogens with one attached hydrogen (secondary N) is 1. The van der Waals surface area contributed by atoms with E-state index in [1.54, 1.807) is 30.3 Å². The Hall–Kier alpha value is -1.91. The van der Waals surface area contributed by atoms with Gasteiger partial charge in [0.25, 0.3) is 0 Å². The van der Waals surface area contributed by atoms with Crippen molar-refractivity contribution in [3.63, 3.8) is 0 Å². The Bertz CT molecular complexity index is 649. The second-order valence-corrected chi connectivity index (χ2v) is 5.87. The van der Waals surface area contributed by atoms with Crippen LogP contribution in [-0.4, -0.2) is 15.0 Å². The van der Waals surface area contributed by atoms with E-state index in [1.807, 2.05) is 30.3 Å². The van der Waals surface area contributed by atoms with E-state index < -0.39 is 10.0 Å². The van der Waals surface area contributed by atoms with Gasteiger partial charge >= 0.3 is 0 Å². The molecule has 3 nitrogen and oxygen atoms in total. The first-order valence-corrected chi connectivity index (χ1v) is 7.36. The fraction of sp³-hybridized carbons (Fsp3) is 0.0667. The molecule has 1 N–H and O–H groups in total. The summed E-state index contributed by atoms with van der Waals surface area (Å²) in [7, 11) is -3.47. The van der Waals surface area contributed by atoms with E-state index in [4.69, 9.17) is 0 Å². The van der Waals surface area contributed by atoms with Gasteiger partial charge in [0.05, 0.1) is 4.90 Å². The minimum atomic E-state index is -3.47. The van der Waals surface area contributed by atoms with Gasteiger partial charge in [0.1, 0.15) is 0 Å². The van der Waals surface area contributed by atoms with Gasteiger partial charge in [-0.3, -0.25) is 0 Å². The molecule has 0 bridgehead atoms. The predicted molar refractivity (Wildman–Crippen MR) is 77.1 cm³/mol. The summed E-state index contributed by atoms with van der Waals surface area (Å²) >= 11 is 0. The van der Waals surface area contributed by atoms with Crippen LogP contribution in [0.2, 0.25) is 0 Å². The molecule has 0 aliphatic heterocycles. The second kappa shape index (κ2) is 5.82. The molecule has 2 aromatic carbocycles. The van der Waals surface area contributed by atoms with E-state index >= 15 is 0 Å². The largest absolute Gasteiger partial charge is 0.240 e. The SMILES string of the molecule is C=C(CNS(=O)(=O)c1ccccc1)c1ccccc1. The summed E-state index contributed by atoms with van der Waals surface area (Å²) in [6.07, 6.45) is 0. The summed E-state index contributed by atoms with van der Waals surface area (Å²) in [4.78, 5) is 0.260. The molecule has 0 unspecified atom stereocenters. The second-order valence-electron chi connectivity index (χ2n) is 4.11. The lowest BCUT2D eigenvalue weighted by Gasteiger charge is -2.09. The third-order valence-corrected chi connectivity index (χ3v) is 4.13. The standard InChI is InChI=1S/C15H15NO2S/c1-13(14-8-4-2-5-9-14)12-16-19(17,18)15-10-6-3-7-11-15/h2-11,16H,1,12H2. The number of rotatable bonds is 5. The molecule has 98 valence electrons. The Labute approximate surface area is 113 Å². The van der Waals surface area contributed by atoms with Crippen molar-refractivity contribution < 1.29 is 8.42 Å². The number of sulfonamides is 1. The van der Waals surface area contributed by atoms with E-state index in [0.717, 1.165) is 11.1 Å². The van der Waals surface area contributed by atoms with Crippen LogP contribution in [0.3, 0.4) is 0 Å². The van der Waals surface area contributed by atoms with Crippen molar-refractivity contribution in [1.29, 1.82) is 0 Å². The molecule has 2 rings (SSSR count). The summed E-state index contributed by atoms with van der Waals surface area (Å²) in [5.74, 6) is 0. The highest BCUT2D eigenvalue weighted by molar-refractivity contribution is 7.89. The first kappa shape index (κ1) is 13.5. The average Bonchev–Trinajstić information content (AvgIpc) is 2.47. The van der Waals surface area contributed by atoms with Crippen LogP contribution in [0.1, 0.15) is 5.56 Å². The van der Waals surface area contributed by atoms with Crippen molar-refractivity contribution in [2.24, 2.45) is 0 Å². The van der Waals surface area contributed by atoms with Crippen molar-refractivity contribution in [3.05, 3.63) is 72.8 Å². The molecule has 2 aromatic rings. The molecule has 4 heteroatoms. The van der Waals surface area contributed by atoms with Crippen LogP contribution < -0.4 is 4.72 Å². The lowest BCUT2D eigenvalue weighted by Crippen LogP contribution is -2.25. The summed E-state index contributed by atoms with van der Waals surface area (Å²) in [5, 5.41) is 0. The Morgan fingerprint density at radius 2 is 1.47 bits per heavy atom. The lowest BCUT2D eigenvalue weighted by molar-refractivity contribution is 0.586. The quantitative estimate of drug-likeness (QED) is 0.910. The molecule has 0 heterocycles. The van der Waals surface area contributed by atoms with E-state index in [1.165, 1.54) is 0 Å². The summed E-state index contributed by atoms with van der Waals surface area (Å²) in [6, 6.07) is 17.8. The van der Waals surface area contributed by atoms with Gasteiger partial charge in [-0.15, -0.1) is 0 Å². The number of hydrogen-bond donors (Lipinski definition) is 1. The summed E-state index contributed by atoms with van der Waals surface area (Å²) in [6.45, 7) is 4.09. The molecular formula is C15H15NO2S. The van der Waals surface area contributed by atoms with Gasteiger partial charge in [-0.25, -0.2) is 13.1 Å². The molecule has 0 fully saturated rings. The highest BCUT2D eigenvalue weighted by Crippen LogP contribution is 2.12. The molecule has 19 heavy (non-hydrogen) atoms. The fourth-order valence-corrected chi connectivity index (χ4v) is 2.69. The first-order valence-electron chi connectivity index (χ1n) is 5.87. The van der Waals surface area contributed by atoms with Crippen LogP contribution >= 0.6 is 0 Å². The van der Waals surface area contributed by atoms with Gasteiger partial charge in [-0.1, -0.05) is 55.1 Å². The molecular weight excluding hydrogens is 258 g/mol. The predicted octanol–water partition coefficient (Wildman–Crippen LogP) is 2.68. The van der Waals surface area contributed by atoms with Crippen LogP contribution in [0, 0.1) is 0 Å². The molecule has 0 radical (unpaired) electrons. The maximum atomic E-state index is 12.0. The van der Waals surface area contributed by atoms with Crippen LogP contribution in [0.25, 0.3) is 5.57 Å². The highest BCUT2D eigenvalue weighted by atomic mass is 32.2. The minimum Gasteiger partial charge on any atom is -0.207 e. The third kappa shape index (κ3) is 3.53. The van der Waals surface area contributed by atoms with Crippen LogP contribution in [0.4, 0.5) is 0 Å². The molecule has 0 aliphatic carbocycles. The number of hydrogen-bond acceptors (Lipinski definition) is 2. The molecule has 0 amide bonds. The maximum absolute atomic E-state index is 12.0. The lowest BCUT2D eigenvalue weighted by atomic mass is 10.1. The summed E-state index contributed by atoms with van der Waals surface area (Å²) in [5.41, 5.74) is 1.67. The molecule has 0 atom stereocenters. The van der Waals surface area contributed by atoms with Gasteiger partial charge in [0, 0.05) is 6.54 Å². The van der Waals surface area contributed by atoms with E-state index in [2.05, 4.69) is 11.3 Å². The van der Waals surface area contributed by atoms with Gasteiger partial charge in [0.15, 0.2) is 0 Å². The van der Waals surface area contributed by atoms with Crippen molar-refractivity contribution in [2.75, 3.05) is 6.54 Å². The van der Waals surface area contributed by atoms with Crippen molar-refractivity contribution in [3.8, 4) is 0 Å². The van der Waals surface area contributed by atoms with Crippen molar-refractivity contribution >= 4 is 15.6 Å². The normalized spacial score (nSPS) is 11.2. The molecule has 0 spiro atoms. The van der Waals surface area contributed by atoms with Gasteiger partial charge < -0.3 is 0 Å². The van der Waals surface area contributed by atoms with Gasteiger partial charge in [-0.05, 0) is 23.3 Å². The topological polar surface area (TPSA) is 46.2 Å². The van der Waals surface area contributed by atoms with Crippen LogP contribution in [0.15, 0.2) is 72.1 Å². The monoisotopic (exact) mass is 273 g/mol. The van der Waals surface area contributed by atoms with Gasteiger partial charge in [0.2, 0.25) is 10.0 Å². The smallest absolute Gasteiger partial charge is 0.207 e. The zero-order valence-electron chi connectivity index (χ0n) is 10.4. The Balaban J connectivity index is 2.05. The zero-order chi connectivity index (χ0) is 13.7. The van der Waals surface area contributed by atoms with E-state index in [9.17, 15) is 8.42 Å². The highest BCUT2D eigenvalue weighted by Gasteiger charge is 2.13. The third-order valence-electron chi connectivity index (χ3n) is 2.71. The van der Waals surface area contributed by atoms with Crippen molar-refractivity contribution in [2.45, 2.75) is 4.90 Å². The zero-order valence-corrected chi connectivity index (χ0v) is 11.2. The van der Waals surface area contributed by atoms with E-state index in [-0.39, 0.29) is 11.4 Å². The number of benzene rings is 2. The van der Waals surface area contributed by atoms with Gasteiger partial charge in [-0.2, -0.15) is 0 Å². The molecule has 0 saturated heterocycles. The Morgan fingerprint density at radius 3 is 2.05 bits per heavy atom. The molecule has 0 saturated carbocycles. The fourth-order valence-electron chi connectivity index (χ4n) is 1.64. The first-order chi connectivity index (χ1) is 9.09. The average molecular weight is 273 g/mol. The minimum absolute atomic E-state index is 0.196. The Morgan fingerprint density at radius 1 is 0.947 bits per heavy atom.